The molecule has 0 radical (unpaired) electrons. The molecule has 0 aromatic heterocycles. The van der Waals surface area contributed by atoms with Crippen LogP contribution in [0.25, 0.3) is 0 Å². The number of amides is 1. The molecule has 20 heavy (non-hydrogen) atoms. The maximum Gasteiger partial charge on any atom is 0.254 e. The van der Waals surface area contributed by atoms with Gasteiger partial charge in [-0.15, -0.1) is 0 Å². The maximum absolute atomic E-state index is 12.4. The van der Waals surface area contributed by atoms with Gasteiger partial charge in [-0.3, -0.25) is 4.79 Å². The van der Waals surface area contributed by atoms with Crippen LogP contribution in [0, 0.1) is 5.92 Å². The van der Waals surface area contributed by atoms with E-state index in [9.17, 15) is 4.79 Å². The van der Waals surface area contributed by atoms with Gasteiger partial charge in [0.15, 0.2) is 0 Å². The number of nitrogens with zero attached hydrogens (tertiary/aromatic N) is 2. The first-order valence-corrected chi connectivity index (χ1v) is 7.43. The van der Waals surface area contributed by atoms with E-state index < -0.39 is 0 Å². The van der Waals surface area contributed by atoms with Crippen molar-refractivity contribution in [2.45, 2.75) is 25.3 Å². The summed E-state index contributed by atoms with van der Waals surface area (Å²) in [6.45, 7) is 1.67. The highest BCUT2D eigenvalue weighted by Crippen LogP contribution is 2.39. The summed E-state index contributed by atoms with van der Waals surface area (Å²) in [4.78, 5) is 16.5. The second-order valence-corrected chi connectivity index (χ2v) is 5.91. The molecular weight excluding hydrogens is 252 g/mol. The number of likely N-dealkylation sites (N-methyl/N-ethyl adjacent to an activating group) is 1. The Morgan fingerprint density at radius 3 is 2.75 bits per heavy atom. The lowest BCUT2D eigenvalue weighted by Gasteiger charge is -2.44. The Balaban J connectivity index is 1.67. The van der Waals surface area contributed by atoms with E-state index in [2.05, 4.69) is 0 Å². The summed E-state index contributed by atoms with van der Waals surface area (Å²) in [6, 6.07) is 8.20. The minimum Gasteiger partial charge on any atom is -0.395 e. The van der Waals surface area contributed by atoms with Crippen molar-refractivity contribution in [1.82, 2.24) is 4.90 Å². The van der Waals surface area contributed by atoms with Gasteiger partial charge in [-0.25, -0.2) is 0 Å². The first-order valence-electron chi connectivity index (χ1n) is 7.43. The minimum atomic E-state index is 0.133. The maximum atomic E-state index is 12.4. The van der Waals surface area contributed by atoms with Gasteiger partial charge in [0.25, 0.3) is 5.91 Å². The van der Waals surface area contributed by atoms with Crippen LogP contribution >= 0.6 is 0 Å². The molecule has 1 saturated carbocycles. The molecule has 0 spiro atoms. The largest absolute Gasteiger partial charge is 0.395 e. The summed E-state index contributed by atoms with van der Waals surface area (Å²) in [6.07, 6.45) is 3.73. The quantitative estimate of drug-likeness (QED) is 0.909. The number of aliphatic hydroxyl groups excluding tert-OH is 1. The molecule has 1 N–H and O–H groups in total. The number of hydrogen-bond donors (Lipinski definition) is 1. The van der Waals surface area contributed by atoms with Gasteiger partial charge in [-0.2, -0.15) is 0 Å². The number of carbonyl (C=O) groups excluding carboxylic acids is 1. The lowest BCUT2D eigenvalue weighted by atomic mass is 9.91. The Bertz CT molecular complexity index is 486. The molecule has 3 rings (SSSR count). The zero-order chi connectivity index (χ0) is 14.1. The fourth-order valence-corrected chi connectivity index (χ4v) is 3.43. The van der Waals surface area contributed by atoms with Gasteiger partial charge in [-0.05, 0) is 43.0 Å². The topological polar surface area (TPSA) is 43.8 Å². The highest BCUT2D eigenvalue weighted by atomic mass is 16.3. The van der Waals surface area contributed by atoms with Crippen molar-refractivity contribution < 1.29 is 9.90 Å². The number of benzene rings is 1. The predicted molar refractivity (Wildman–Crippen MR) is 79.0 cm³/mol. The molecule has 0 bridgehead atoms. The Morgan fingerprint density at radius 1 is 1.35 bits per heavy atom. The van der Waals surface area contributed by atoms with E-state index in [0.717, 1.165) is 23.7 Å². The fraction of sp³-hybridized carbons (Fsp3) is 0.562. The van der Waals surface area contributed by atoms with Crippen LogP contribution in [-0.4, -0.2) is 48.7 Å². The zero-order valence-electron chi connectivity index (χ0n) is 12.0. The molecule has 4 nitrogen and oxygen atoms in total. The lowest BCUT2D eigenvalue weighted by molar-refractivity contribution is 0.0269. The number of likely N-dealkylation sites (tertiary alicyclic amines) is 1. The van der Waals surface area contributed by atoms with E-state index in [1.807, 2.05) is 41.1 Å². The Morgan fingerprint density at radius 2 is 2.10 bits per heavy atom. The molecular formula is C16H22N2O2. The van der Waals surface area contributed by atoms with Crippen molar-refractivity contribution in [1.29, 1.82) is 0 Å². The predicted octanol–water partition coefficient (Wildman–Crippen LogP) is 1.74. The van der Waals surface area contributed by atoms with Gasteiger partial charge in [0.2, 0.25) is 0 Å². The summed E-state index contributed by atoms with van der Waals surface area (Å²) < 4.78 is 0. The van der Waals surface area contributed by atoms with E-state index in [-0.39, 0.29) is 12.5 Å². The molecule has 1 amide bonds. The molecule has 108 valence electrons. The van der Waals surface area contributed by atoms with E-state index in [0.29, 0.717) is 12.6 Å². The molecule has 2 fully saturated rings. The number of hydrogen-bond acceptors (Lipinski definition) is 3. The number of fused-ring (bicyclic) bond motifs is 1. The van der Waals surface area contributed by atoms with E-state index in [1.165, 1.54) is 19.3 Å². The minimum absolute atomic E-state index is 0.133. The van der Waals surface area contributed by atoms with Crippen LogP contribution in [0.1, 0.15) is 29.6 Å². The summed E-state index contributed by atoms with van der Waals surface area (Å²) in [5, 5.41) is 8.94. The third-order valence-electron chi connectivity index (χ3n) is 4.70. The molecule has 1 heterocycles. The third-order valence-corrected chi connectivity index (χ3v) is 4.70. The lowest BCUT2D eigenvalue weighted by Crippen LogP contribution is -2.55. The molecule has 1 aromatic carbocycles. The van der Waals surface area contributed by atoms with Crippen LogP contribution in [0.2, 0.25) is 0 Å². The summed E-state index contributed by atoms with van der Waals surface area (Å²) in [5.74, 6) is 0.929. The second kappa shape index (κ2) is 5.44. The number of anilines is 1. The van der Waals surface area contributed by atoms with Gasteiger partial charge in [0, 0.05) is 37.4 Å². The van der Waals surface area contributed by atoms with Crippen molar-refractivity contribution in [3.05, 3.63) is 29.8 Å². The van der Waals surface area contributed by atoms with Gasteiger partial charge in [0.05, 0.1) is 6.61 Å². The number of carbonyl (C=O) groups is 1. The van der Waals surface area contributed by atoms with Crippen LogP contribution in [0.15, 0.2) is 24.3 Å². The summed E-state index contributed by atoms with van der Waals surface area (Å²) >= 11 is 0. The van der Waals surface area contributed by atoms with Crippen molar-refractivity contribution >= 4 is 11.6 Å². The molecule has 1 aliphatic carbocycles. The number of rotatable bonds is 4. The standard InChI is InChI=1S/C16H22N2O2/c1-17(9-10-19)14-7-5-12(6-8-14)16(20)18-11-13-3-2-4-15(13)18/h5-8,13,15,19H,2-4,9-11H2,1H3/t13-,15-/m0/s1. The SMILES string of the molecule is CN(CCO)c1ccc(C(=O)N2C[C@@H]3CCC[C@@H]32)cc1. The van der Waals surface area contributed by atoms with Gasteiger partial charge in [-0.1, -0.05) is 6.42 Å². The Hall–Kier alpha value is -1.55. The highest BCUT2D eigenvalue weighted by Gasteiger charge is 2.44. The molecule has 0 unspecified atom stereocenters. The Labute approximate surface area is 120 Å². The summed E-state index contributed by atoms with van der Waals surface area (Å²) in [5.41, 5.74) is 1.80. The average molecular weight is 274 g/mol. The van der Waals surface area contributed by atoms with E-state index in [4.69, 9.17) is 5.11 Å². The van der Waals surface area contributed by atoms with E-state index >= 15 is 0 Å². The van der Waals surface area contributed by atoms with Crippen molar-refractivity contribution in [2.24, 2.45) is 5.92 Å². The third kappa shape index (κ3) is 2.29. The molecule has 2 atom stereocenters. The molecule has 1 aliphatic heterocycles. The monoisotopic (exact) mass is 274 g/mol. The van der Waals surface area contributed by atoms with Crippen molar-refractivity contribution in [3.8, 4) is 0 Å². The zero-order valence-corrected chi connectivity index (χ0v) is 12.0. The van der Waals surface area contributed by atoms with Crippen molar-refractivity contribution in [3.63, 3.8) is 0 Å². The van der Waals surface area contributed by atoms with Crippen LogP contribution in [-0.2, 0) is 0 Å². The second-order valence-electron chi connectivity index (χ2n) is 5.91. The van der Waals surface area contributed by atoms with Crippen LogP contribution in [0.4, 0.5) is 5.69 Å². The first kappa shape index (κ1) is 13.4. The van der Waals surface area contributed by atoms with Gasteiger partial charge >= 0.3 is 0 Å². The van der Waals surface area contributed by atoms with Gasteiger partial charge < -0.3 is 14.9 Å². The molecule has 1 aromatic rings. The van der Waals surface area contributed by atoms with Crippen LogP contribution < -0.4 is 4.90 Å². The normalized spacial score (nSPS) is 24.2. The van der Waals surface area contributed by atoms with E-state index in [1.54, 1.807) is 0 Å². The number of aliphatic hydroxyl groups is 1. The highest BCUT2D eigenvalue weighted by molar-refractivity contribution is 5.95. The first-order chi connectivity index (χ1) is 9.70. The molecule has 4 heteroatoms. The van der Waals surface area contributed by atoms with Crippen LogP contribution in [0.5, 0.6) is 0 Å². The summed E-state index contributed by atoms with van der Waals surface area (Å²) in [7, 11) is 1.94. The Kier molecular flexibility index (Phi) is 3.66. The smallest absolute Gasteiger partial charge is 0.254 e. The van der Waals surface area contributed by atoms with Gasteiger partial charge in [0.1, 0.15) is 0 Å². The fourth-order valence-electron chi connectivity index (χ4n) is 3.43. The van der Waals surface area contributed by atoms with Crippen molar-refractivity contribution in [2.75, 3.05) is 31.6 Å². The molecule has 2 aliphatic rings. The molecule has 1 saturated heterocycles. The van der Waals surface area contributed by atoms with Crippen LogP contribution in [0.3, 0.4) is 0 Å². The average Bonchev–Trinajstić information content (AvgIpc) is 2.80.